The Hall–Kier alpha value is -3.24. The number of hydrogen-bond donors (Lipinski definition) is 1. The first-order valence-electron chi connectivity index (χ1n) is 10.4. The smallest absolute Gasteiger partial charge is 0.276 e. The lowest BCUT2D eigenvalue weighted by molar-refractivity contribution is 0.102. The summed E-state index contributed by atoms with van der Waals surface area (Å²) in [5, 5.41) is 4.83. The number of imidazole rings is 1. The van der Waals surface area contributed by atoms with Gasteiger partial charge in [0.2, 0.25) is 0 Å². The molecule has 1 atom stereocenters. The molecule has 8 nitrogen and oxygen atoms in total. The third-order valence-electron chi connectivity index (χ3n) is 5.74. The van der Waals surface area contributed by atoms with Crippen molar-refractivity contribution >= 4 is 43.8 Å². The minimum Gasteiger partial charge on any atom is -0.497 e. The summed E-state index contributed by atoms with van der Waals surface area (Å²) in [6.45, 7) is 1.83. The van der Waals surface area contributed by atoms with Crippen molar-refractivity contribution in [3.63, 3.8) is 0 Å². The number of rotatable bonds is 5. The molecule has 1 amide bonds. The SMILES string of the molecule is COc1cccc(NC(=O)c2nc(-c3cccs3)cc3c2nc(C)n3C2CCS(=O)(=O)C2)c1. The number of aromatic nitrogens is 3. The van der Waals surface area contributed by atoms with E-state index in [9.17, 15) is 13.2 Å². The fraction of sp³-hybridized carbons (Fsp3) is 0.261. The standard InChI is InChI=1S/C23H22N4O4S2/c1-14-24-21-19(27(14)16-8-10-33(29,30)13-16)12-18(20-7-4-9-32-20)26-22(21)23(28)25-15-5-3-6-17(11-15)31-2/h3-7,9,11-12,16H,8,10,13H2,1-2H3,(H,25,28). The number of carbonyl (C=O) groups excluding carboxylic acids is 1. The molecule has 33 heavy (non-hydrogen) atoms. The maximum absolute atomic E-state index is 13.3. The second kappa shape index (κ2) is 8.27. The lowest BCUT2D eigenvalue weighted by Crippen LogP contribution is -2.15. The van der Waals surface area contributed by atoms with E-state index < -0.39 is 15.7 Å². The zero-order valence-corrected chi connectivity index (χ0v) is 19.7. The second-order valence-electron chi connectivity index (χ2n) is 7.97. The van der Waals surface area contributed by atoms with Gasteiger partial charge in [-0.1, -0.05) is 12.1 Å². The van der Waals surface area contributed by atoms with Crippen LogP contribution < -0.4 is 10.1 Å². The molecule has 0 aliphatic carbocycles. The second-order valence-corrected chi connectivity index (χ2v) is 11.1. The molecule has 0 spiro atoms. The molecule has 10 heteroatoms. The average Bonchev–Trinajstić information content (AvgIpc) is 3.51. The van der Waals surface area contributed by atoms with Crippen molar-refractivity contribution in [3.8, 4) is 16.3 Å². The Labute approximate surface area is 195 Å². The number of nitrogens with one attached hydrogen (secondary N) is 1. The molecule has 0 saturated carbocycles. The van der Waals surface area contributed by atoms with E-state index in [0.717, 1.165) is 4.88 Å². The third kappa shape index (κ3) is 4.11. The fourth-order valence-corrected chi connectivity index (χ4v) is 6.63. The summed E-state index contributed by atoms with van der Waals surface area (Å²) in [5.74, 6) is 1.12. The number of aryl methyl sites for hydroxylation is 1. The largest absolute Gasteiger partial charge is 0.497 e. The van der Waals surface area contributed by atoms with Gasteiger partial charge in [0.05, 0.1) is 40.7 Å². The number of benzene rings is 1. The van der Waals surface area contributed by atoms with Crippen molar-refractivity contribution in [2.45, 2.75) is 19.4 Å². The van der Waals surface area contributed by atoms with Gasteiger partial charge in [-0.05, 0) is 43.0 Å². The van der Waals surface area contributed by atoms with E-state index in [4.69, 9.17) is 4.74 Å². The summed E-state index contributed by atoms with van der Waals surface area (Å²) < 4.78 is 31.5. The van der Waals surface area contributed by atoms with E-state index in [2.05, 4.69) is 15.3 Å². The van der Waals surface area contributed by atoms with Gasteiger partial charge >= 0.3 is 0 Å². The van der Waals surface area contributed by atoms with Crippen LogP contribution >= 0.6 is 11.3 Å². The number of pyridine rings is 1. The van der Waals surface area contributed by atoms with Gasteiger partial charge in [0.25, 0.3) is 5.91 Å². The number of carbonyl (C=O) groups is 1. The minimum atomic E-state index is -3.09. The van der Waals surface area contributed by atoms with Crippen LogP contribution in [0.25, 0.3) is 21.6 Å². The minimum absolute atomic E-state index is 0.0707. The average molecular weight is 483 g/mol. The van der Waals surface area contributed by atoms with Crippen molar-refractivity contribution in [2.75, 3.05) is 23.9 Å². The van der Waals surface area contributed by atoms with Gasteiger partial charge in [-0.2, -0.15) is 0 Å². The molecule has 0 bridgehead atoms. The Balaban J connectivity index is 1.64. The van der Waals surface area contributed by atoms with Gasteiger partial charge < -0.3 is 14.6 Å². The molecule has 4 heterocycles. The summed E-state index contributed by atoms with van der Waals surface area (Å²) in [6.07, 6.45) is 0.524. The monoisotopic (exact) mass is 482 g/mol. The summed E-state index contributed by atoms with van der Waals surface area (Å²) >= 11 is 1.52. The van der Waals surface area contributed by atoms with Crippen LogP contribution in [0.4, 0.5) is 5.69 Å². The van der Waals surface area contributed by atoms with Crippen LogP contribution in [0, 0.1) is 6.92 Å². The van der Waals surface area contributed by atoms with Crippen molar-refractivity contribution in [1.82, 2.24) is 14.5 Å². The first-order chi connectivity index (χ1) is 15.8. The van der Waals surface area contributed by atoms with Gasteiger partial charge in [-0.3, -0.25) is 4.79 Å². The topological polar surface area (TPSA) is 103 Å². The summed E-state index contributed by atoms with van der Waals surface area (Å²) in [6, 6.07) is 12.6. The summed E-state index contributed by atoms with van der Waals surface area (Å²) in [7, 11) is -1.52. The number of ether oxygens (including phenoxy) is 1. The van der Waals surface area contributed by atoms with Crippen LogP contribution in [0.15, 0.2) is 47.8 Å². The highest BCUT2D eigenvalue weighted by Crippen LogP contribution is 2.33. The zero-order chi connectivity index (χ0) is 23.2. The number of fused-ring (bicyclic) bond motifs is 1. The number of sulfone groups is 1. The fourth-order valence-electron chi connectivity index (χ4n) is 4.25. The Kier molecular flexibility index (Phi) is 5.41. The lowest BCUT2D eigenvalue weighted by Gasteiger charge is -2.14. The summed E-state index contributed by atoms with van der Waals surface area (Å²) in [5.41, 5.74) is 2.59. The number of amides is 1. The molecule has 1 unspecified atom stereocenters. The molecule has 5 rings (SSSR count). The van der Waals surface area contributed by atoms with Crippen molar-refractivity contribution in [1.29, 1.82) is 0 Å². The number of hydrogen-bond acceptors (Lipinski definition) is 7. The maximum atomic E-state index is 13.3. The Morgan fingerprint density at radius 1 is 1.21 bits per heavy atom. The van der Waals surface area contributed by atoms with Crippen molar-refractivity contribution < 1.29 is 17.9 Å². The molecule has 1 aliphatic rings. The number of thiophene rings is 1. The van der Waals surface area contributed by atoms with E-state index in [-0.39, 0.29) is 23.2 Å². The van der Waals surface area contributed by atoms with Crippen LogP contribution in [0.5, 0.6) is 5.75 Å². The molecule has 1 aromatic carbocycles. The van der Waals surface area contributed by atoms with Crippen LogP contribution in [-0.4, -0.2) is 47.5 Å². The normalized spacial score (nSPS) is 17.3. The highest BCUT2D eigenvalue weighted by molar-refractivity contribution is 7.91. The first kappa shape index (κ1) is 21.6. The van der Waals surface area contributed by atoms with Crippen LogP contribution in [0.1, 0.15) is 28.8 Å². The van der Waals surface area contributed by atoms with E-state index in [1.165, 1.54) is 11.3 Å². The van der Waals surface area contributed by atoms with Gasteiger partial charge in [-0.15, -0.1) is 11.3 Å². The van der Waals surface area contributed by atoms with Crippen molar-refractivity contribution in [2.24, 2.45) is 0 Å². The molecular formula is C23H22N4O4S2. The van der Waals surface area contributed by atoms with Gasteiger partial charge in [0, 0.05) is 11.8 Å². The maximum Gasteiger partial charge on any atom is 0.276 e. The van der Waals surface area contributed by atoms with Crippen molar-refractivity contribution in [3.05, 3.63) is 59.4 Å². The van der Waals surface area contributed by atoms with Crippen LogP contribution in [0.3, 0.4) is 0 Å². The number of nitrogens with zero attached hydrogens (tertiary/aromatic N) is 3. The van der Waals surface area contributed by atoms with Gasteiger partial charge in [0.1, 0.15) is 17.1 Å². The Bertz CT molecular complexity index is 1460. The molecule has 170 valence electrons. The van der Waals surface area contributed by atoms with E-state index in [1.54, 1.807) is 31.4 Å². The molecular weight excluding hydrogens is 460 g/mol. The third-order valence-corrected chi connectivity index (χ3v) is 8.39. The molecule has 1 N–H and O–H groups in total. The van der Waals surface area contributed by atoms with Gasteiger partial charge in [0.15, 0.2) is 15.5 Å². The molecule has 1 saturated heterocycles. The quantitative estimate of drug-likeness (QED) is 0.460. The molecule has 0 radical (unpaired) electrons. The lowest BCUT2D eigenvalue weighted by atomic mass is 10.2. The summed E-state index contributed by atoms with van der Waals surface area (Å²) in [4.78, 5) is 23.6. The van der Waals surface area contributed by atoms with E-state index in [1.807, 2.05) is 35.1 Å². The Morgan fingerprint density at radius 3 is 2.76 bits per heavy atom. The number of methoxy groups -OCH3 is 1. The molecule has 1 aliphatic heterocycles. The number of anilines is 1. The van der Waals surface area contributed by atoms with Crippen LogP contribution in [-0.2, 0) is 9.84 Å². The van der Waals surface area contributed by atoms with E-state index in [0.29, 0.717) is 40.4 Å². The predicted octanol–water partition coefficient (Wildman–Crippen LogP) is 4.09. The molecule has 4 aromatic rings. The van der Waals surface area contributed by atoms with E-state index >= 15 is 0 Å². The predicted molar refractivity (Wildman–Crippen MR) is 129 cm³/mol. The molecule has 3 aromatic heterocycles. The highest BCUT2D eigenvalue weighted by Gasteiger charge is 2.32. The van der Waals surface area contributed by atoms with Gasteiger partial charge in [-0.25, -0.2) is 18.4 Å². The highest BCUT2D eigenvalue weighted by atomic mass is 32.2. The first-order valence-corrected chi connectivity index (χ1v) is 13.1. The molecule has 1 fully saturated rings. The zero-order valence-electron chi connectivity index (χ0n) is 18.1. The van der Waals surface area contributed by atoms with Crippen LogP contribution in [0.2, 0.25) is 0 Å². The Morgan fingerprint density at radius 2 is 2.06 bits per heavy atom.